The fourth-order valence-electron chi connectivity index (χ4n) is 4.26. The summed E-state index contributed by atoms with van der Waals surface area (Å²) in [6.45, 7) is 6.68. The van der Waals surface area contributed by atoms with Crippen LogP contribution in [0.1, 0.15) is 33.6 Å². The molecule has 0 atom stereocenters. The van der Waals surface area contributed by atoms with Crippen molar-refractivity contribution >= 4 is 45.5 Å². The van der Waals surface area contributed by atoms with Crippen molar-refractivity contribution in [3.63, 3.8) is 0 Å². The number of aldehydes is 2. The van der Waals surface area contributed by atoms with Crippen LogP contribution in [0.3, 0.4) is 0 Å². The predicted molar refractivity (Wildman–Crippen MR) is 168 cm³/mol. The maximum Gasteiger partial charge on any atom is 0.150 e. The summed E-state index contributed by atoms with van der Waals surface area (Å²) in [6.07, 6.45) is 4.06. The quantitative estimate of drug-likeness (QED) is 0.102. The summed E-state index contributed by atoms with van der Waals surface area (Å²) in [5, 5.41) is 0. The van der Waals surface area contributed by atoms with Gasteiger partial charge in [0.05, 0.1) is 65.9 Å². The van der Waals surface area contributed by atoms with E-state index in [0.717, 1.165) is 83.1 Å². The molecule has 0 amide bonds. The van der Waals surface area contributed by atoms with Crippen molar-refractivity contribution in [2.45, 2.75) is 12.8 Å². The minimum Gasteiger partial charge on any atom is -0.374 e. The molecule has 0 saturated heterocycles. The summed E-state index contributed by atoms with van der Waals surface area (Å²) >= 11 is 0. The van der Waals surface area contributed by atoms with Gasteiger partial charge in [0, 0.05) is 62.5 Å². The van der Waals surface area contributed by atoms with Crippen molar-refractivity contribution in [1.29, 1.82) is 0 Å². The number of carbonyl (C=O) groups is 2. The minimum atomic E-state index is 0.723. The summed E-state index contributed by atoms with van der Waals surface area (Å²) in [4.78, 5) is 26.2. The molecule has 8 heteroatoms. The first-order valence-electron chi connectivity index (χ1n) is 13.5. The van der Waals surface area contributed by atoms with E-state index in [9.17, 15) is 9.59 Å². The fraction of sp³-hybridized carbons (Fsp3) is 0.533. The van der Waals surface area contributed by atoms with E-state index in [1.165, 1.54) is 24.6 Å². The molecule has 6 nitrogen and oxygen atoms in total. The molecular formula is C30H48N4O2S2+2. The predicted octanol–water partition coefficient (Wildman–Crippen LogP) is 5.20. The van der Waals surface area contributed by atoms with E-state index in [0.29, 0.717) is 0 Å². The first-order valence-corrected chi connectivity index (χ1v) is 16.0. The van der Waals surface area contributed by atoms with Gasteiger partial charge < -0.3 is 18.8 Å². The summed E-state index contributed by atoms with van der Waals surface area (Å²) in [5.41, 5.74) is 3.76. The van der Waals surface area contributed by atoms with E-state index in [1.807, 2.05) is 70.1 Å². The highest BCUT2D eigenvalue weighted by Gasteiger charge is 2.17. The summed E-state index contributed by atoms with van der Waals surface area (Å²) < 4.78 is 2.08. The maximum absolute atomic E-state index is 10.8. The van der Waals surface area contributed by atoms with E-state index in [1.54, 1.807) is 0 Å². The van der Waals surface area contributed by atoms with Crippen LogP contribution in [-0.2, 0) is 0 Å². The molecule has 0 aliphatic heterocycles. The van der Waals surface area contributed by atoms with Gasteiger partial charge in [0.25, 0.3) is 0 Å². The molecule has 0 bridgehead atoms. The third-order valence-corrected chi connectivity index (χ3v) is 9.46. The molecule has 0 aliphatic rings. The Bertz CT molecular complexity index is 886. The van der Waals surface area contributed by atoms with E-state index >= 15 is 0 Å². The Balaban J connectivity index is 1.55. The second-order valence-electron chi connectivity index (χ2n) is 11.4. The Morgan fingerprint density at radius 2 is 0.947 bits per heavy atom. The van der Waals surface area contributed by atoms with Crippen LogP contribution in [-0.4, -0.2) is 115 Å². The van der Waals surface area contributed by atoms with Gasteiger partial charge in [-0.15, -0.1) is 0 Å². The SMILES string of the molecule is CN(CCC[N+](C)(C)CCSSCC[N+](C)(C)CCCN(C)c1ccc(C=O)cc1)c1ccc(C=O)cc1. The number of rotatable bonds is 19. The van der Waals surface area contributed by atoms with Crippen molar-refractivity contribution in [2.24, 2.45) is 0 Å². The molecule has 0 fully saturated rings. The molecule has 0 radical (unpaired) electrons. The first kappa shape index (κ1) is 32.2. The highest BCUT2D eigenvalue weighted by molar-refractivity contribution is 8.76. The monoisotopic (exact) mass is 560 g/mol. The van der Waals surface area contributed by atoms with Gasteiger partial charge in [-0.05, 0) is 48.5 Å². The third-order valence-electron chi connectivity index (χ3n) is 7.10. The number of quaternary nitrogens is 2. The molecule has 2 rings (SSSR count). The van der Waals surface area contributed by atoms with Crippen LogP contribution < -0.4 is 9.80 Å². The summed E-state index contributed by atoms with van der Waals surface area (Å²) in [5.74, 6) is 2.34. The Labute approximate surface area is 238 Å². The normalized spacial score (nSPS) is 11.8. The zero-order valence-corrected chi connectivity index (χ0v) is 25.9. The third kappa shape index (κ3) is 12.2. The lowest BCUT2D eigenvalue weighted by molar-refractivity contribution is -0.887. The molecule has 210 valence electrons. The van der Waals surface area contributed by atoms with Crippen molar-refractivity contribution in [2.75, 3.05) is 103 Å². The Hall–Kier alpha value is -2.00. The molecule has 2 aromatic rings. The topological polar surface area (TPSA) is 40.6 Å². The Morgan fingerprint density at radius 1 is 0.605 bits per heavy atom. The highest BCUT2D eigenvalue weighted by atomic mass is 33.1. The van der Waals surface area contributed by atoms with E-state index in [2.05, 4.69) is 52.1 Å². The number of anilines is 2. The van der Waals surface area contributed by atoms with Gasteiger partial charge in [-0.2, -0.15) is 0 Å². The molecule has 0 N–H and O–H groups in total. The van der Waals surface area contributed by atoms with Crippen molar-refractivity contribution in [1.82, 2.24) is 0 Å². The maximum atomic E-state index is 10.8. The highest BCUT2D eigenvalue weighted by Crippen LogP contribution is 2.23. The fourth-order valence-corrected chi connectivity index (χ4v) is 6.78. The Morgan fingerprint density at radius 3 is 1.26 bits per heavy atom. The molecule has 2 aromatic carbocycles. The van der Waals surface area contributed by atoms with Crippen LogP contribution in [0.4, 0.5) is 11.4 Å². The number of hydrogen-bond acceptors (Lipinski definition) is 6. The lowest BCUT2D eigenvalue weighted by atomic mass is 10.2. The molecule has 0 unspecified atom stereocenters. The van der Waals surface area contributed by atoms with Gasteiger partial charge in [0.2, 0.25) is 0 Å². The summed E-state index contributed by atoms with van der Waals surface area (Å²) in [6, 6.07) is 15.6. The average Bonchev–Trinajstić information content (AvgIpc) is 2.90. The zero-order valence-electron chi connectivity index (χ0n) is 24.3. The molecule has 0 spiro atoms. The van der Waals surface area contributed by atoms with Gasteiger partial charge >= 0.3 is 0 Å². The van der Waals surface area contributed by atoms with Crippen molar-refractivity contribution in [3.05, 3.63) is 59.7 Å². The summed E-state index contributed by atoms with van der Waals surface area (Å²) in [7, 11) is 17.6. The standard InChI is InChI=1S/C30H48N4O2S2/c1-31(29-13-9-27(25-35)10-14-29)17-7-19-33(3,4)21-23-37-38-24-22-34(5,6)20-8-18-32(2)30-15-11-28(26-36)12-16-30/h9-16,25-26H,7-8,17-24H2,1-6H3/q+2. The van der Waals surface area contributed by atoms with Gasteiger partial charge in [-0.1, -0.05) is 21.6 Å². The van der Waals surface area contributed by atoms with E-state index in [4.69, 9.17) is 0 Å². The van der Waals surface area contributed by atoms with E-state index in [-0.39, 0.29) is 0 Å². The van der Waals surface area contributed by atoms with Crippen LogP contribution in [0.5, 0.6) is 0 Å². The van der Waals surface area contributed by atoms with E-state index < -0.39 is 0 Å². The van der Waals surface area contributed by atoms with Crippen LogP contribution in [0.25, 0.3) is 0 Å². The van der Waals surface area contributed by atoms with Gasteiger partial charge in [-0.3, -0.25) is 9.59 Å². The van der Waals surface area contributed by atoms with Gasteiger partial charge in [-0.25, -0.2) is 0 Å². The molecule has 0 heterocycles. The smallest absolute Gasteiger partial charge is 0.150 e. The molecule has 0 saturated carbocycles. The van der Waals surface area contributed by atoms with Crippen molar-refractivity contribution in [3.8, 4) is 0 Å². The molecule has 0 aliphatic carbocycles. The molecule has 0 aromatic heterocycles. The lowest BCUT2D eigenvalue weighted by Gasteiger charge is -2.31. The minimum absolute atomic E-state index is 0.723. The Kier molecular flexibility index (Phi) is 13.7. The van der Waals surface area contributed by atoms with Crippen LogP contribution in [0.15, 0.2) is 48.5 Å². The second kappa shape index (κ2) is 16.2. The first-order chi connectivity index (χ1) is 18.0. The van der Waals surface area contributed by atoms with Gasteiger partial charge in [0.1, 0.15) is 12.6 Å². The number of hydrogen-bond donors (Lipinski definition) is 0. The largest absolute Gasteiger partial charge is 0.374 e. The number of benzene rings is 2. The number of carbonyl (C=O) groups excluding carboxylic acids is 2. The zero-order chi connectivity index (χ0) is 28.0. The lowest BCUT2D eigenvalue weighted by Crippen LogP contribution is -2.43. The van der Waals surface area contributed by atoms with Crippen molar-refractivity contribution < 1.29 is 18.6 Å². The van der Waals surface area contributed by atoms with Crippen LogP contribution in [0.2, 0.25) is 0 Å². The molecular weight excluding hydrogens is 512 g/mol. The van der Waals surface area contributed by atoms with Gasteiger partial charge in [0.15, 0.2) is 0 Å². The number of nitrogens with zero attached hydrogens (tertiary/aromatic N) is 4. The second-order valence-corrected chi connectivity index (χ2v) is 14.1. The van der Waals surface area contributed by atoms with Crippen LogP contribution >= 0.6 is 21.6 Å². The van der Waals surface area contributed by atoms with Crippen LogP contribution in [0, 0.1) is 0 Å². The average molecular weight is 561 g/mol. The molecule has 38 heavy (non-hydrogen) atoms.